The summed E-state index contributed by atoms with van der Waals surface area (Å²) < 4.78 is 5.34. The summed E-state index contributed by atoms with van der Waals surface area (Å²) in [7, 11) is 1.63. The fourth-order valence-corrected chi connectivity index (χ4v) is 3.86. The van der Waals surface area contributed by atoms with Crippen LogP contribution in [0.15, 0.2) is 46.2 Å². The van der Waals surface area contributed by atoms with Gasteiger partial charge in [0, 0.05) is 10.7 Å². The maximum atomic E-state index is 10.6. The fraction of sp³-hybridized carbons (Fsp3) is 0.125. The number of methoxy groups -OCH3 is 1. The largest absolute Gasteiger partial charge is 0.506 e. The average molecular weight is 354 g/mol. The van der Waals surface area contributed by atoms with E-state index in [0.29, 0.717) is 22.2 Å². The molecule has 22 heavy (non-hydrogen) atoms. The Bertz CT molecular complexity index is 762. The fourth-order valence-electron chi connectivity index (χ4n) is 2.27. The topological polar surface area (TPSA) is 41.5 Å². The summed E-state index contributed by atoms with van der Waals surface area (Å²) in [6.45, 7) is 0.498. The minimum atomic E-state index is 0.173. The van der Waals surface area contributed by atoms with Gasteiger partial charge >= 0.3 is 0 Å². The van der Waals surface area contributed by atoms with Gasteiger partial charge in [0.1, 0.15) is 11.5 Å². The first-order valence-electron chi connectivity index (χ1n) is 6.56. The van der Waals surface area contributed by atoms with Gasteiger partial charge in [-0.15, -0.1) is 0 Å². The highest BCUT2D eigenvalue weighted by Gasteiger charge is 2.23. The zero-order valence-corrected chi connectivity index (χ0v) is 14.0. The molecule has 0 saturated heterocycles. The molecule has 0 atom stereocenters. The highest BCUT2D eigenvalue weighted by Crippen LogP contribution is 2.43. The van der Waals surface area contributed by atoms with Crippen LogP contribution in [0, 0.1) is 0 Å². The molecule has 1 heterocycles. The number of hydrogen-bond acceptors (Lipinski definition) is 4. The van der Waals surface area contributed by atoms with Crippen LogP contribution >= 0.6 is 35.0 Å². The second-order valence-electron chi connectivity index (χ2n) is 4.69. The van der Waals surface area contributed by atoms with E-state index in [1.165, 1.54) is 11.8 Å². The van der Waals surface area contributed by atoms with Crippen molar-refractivity contribution in [2.24, 2.45) is 0 Å². The molecule has 0 spiro atoms. The summed E-state index contributed by atoms with van der Waals surface area (Å²) in [6, 6.07) is 11.0. The van der Waals surface area contributed by atoms with Gasteiger partial charge in [-0.05, 0) is 24.3 Å². The van der Waals surface area contributed by atoms with Crippen molar-refractivity contribution >= 4 is 46.4 Å². The van der Waals surface area contributed by atoms with Gasteiger partial charge in [-0.2, -0.15) is 0 Å². The minimum absolute atomic E-state index is 0.173. The van der Waals surface area contributed by atoms with E-state index in [2.05, 4.69) is 5.32 Å². The number of para-hydroxylation sites is 1. The molecule has 0 radical (unpaired) electrons. The second kappa shape index (κ2) is 6.32. The molecule has 6 heteroatoms. The Hall–Kier alpha value is -1.49. The monoisotopic (exact) mass is 353 g/mol. The third kappa shape index (κ3) is 2.86. The summed E-state index contributed by atoms with van der Waals surface area (Å²) in [6.07, 6.45) is 0. The van der Waals surface area contributed by atoms with Crippen LogP contribution in [0.5, 0.6) is 5.75 Å². The van der Waals surface area contributed by atoms with Crippen LogP contribution < -0.4 is 10.1 Å². The number of anilines is 1. The number of hydrogen-bond donors (Lipinski definition) is 2. The number of aliphatic hydroxyl groups is 1. The Balaban J connectivity index is 2.01. The van der Waals surface area contributed by atoms with Gasteiger partial charge in [-0.25, -0.2) is 0 Å². The van der Waals surface area contributed by atoms with Crippen LogP contribution in [-0.4, -0.2) is 18.8 Å². The number of ether oxygens (including phenoxy) is 1. The SMILES string of the molecule is COc1ccccc1SC1=C(O)c2c(Cl)cc(Cl)cc2NC1. The van der Waals surface area contributed by atoms with Crippen molar-refractivity contribution in [2.45, 2.75) is 4.90 Å². The molecule has 0 fully saturated rings. The molecule has 2 N–H and O–H groups in total. The number of thioether (sulfide) groups is 1. The lowest BCUT2D eigenvalue weighted by atomic mass is 10.1. The van der Waals surface area contributed by atoms with Gasteiger partial charge in [-0.1, -0.05) is 47.1 Å². The van der Waals surface area contributed by atoms with Crippen molar-refractivity contribution in [3.05, 3.63) is 56.9 Å². The van der Waals surface area contributed by atoms with Gasteiger partial charge in [0.15, 0.2) is 0 Å². The number of fused-ring (bicyclic) bond motifs is 1. The zero-order chi connectivity index (χ0) is 15.7. The van der Waals surface area contributed by atoms with Crippen molar-refractivity contribution in [3.63, 3.8) is 0 Å². The standard InChI is InChI=1S/C16H13Cl2NO2S/c1-21-12-4-2-3-5-13(12)22-14-8-19-11-7-9(17)6-10(18)15(11)16(14)20/h2-7,19-20H,8H2,1H3. The summed E-state index contributed by atoms with van der Waals surface area (Å²) >= 11 is 13.7. The van der Waals surface area contributed by atoms with Crippen molar-refractivity contribution < 1.29 is 9.84 Å². The molecule has 0 aromatic heterocycles. The summed E-state index contributed by atoms with van der Waals surface area (Å²) in [5.74, 6) is 0.937. The molecule has 1 aliphatic rings. The van der Waals surface area contributed by atoms with E-state index in [1.807, 2.05) is 24.3 Å². The molecular weight excluding hydrogens is 341 g/mol. The molecule has 0 saturated carbocycles. The molecule has 1 aliphatic heterocycles. The molecule has 3 rings (SSSR count). The number of benzene rings is 2. The first-order valence-corrected chi connectivity index (χ1v) is 8.13. The molecule has 2 aromatic carbocycles. The van der Waals surface area contributed by atoms with Gasteiger partial charge in [-0.3, -0.25) is 0 Å². The van der Waals surface area contributed by atoms with Gasteiger partial charge in [0.2, 0.25) is 0 Å². The van der Waals surface area contributed by atoms with E-state index in [1.54, 1.807) is 19.2 Å². The van der Waals surface area contributed by atoms with Gasteiger partial charge in [0.05, 0.1) is 34.0 Å². The Labute approximate surface area is 142 Å². The predicted octanol–water partition coefficient (Wildman–Crippen LogP) is 5.45. The molecule has 0 aliphatic carbocycles. The molecule has 3 nitrogen and oxygen atoms in total. The first-order chi connectivity index (χ1) is 10.6. The third-order valence-corrected chi connectivity index (χ3v) is 4.96. The average Bonchev–Trinajstić information content (AvgIpc) is 2.50. The summed E-state index contributed by atoms with van der Waals surface area (Å²) in [4.78, 5) is 1.71. The lowest BCUT2D eigenvalue weighted by Gasteiger charge is -2.22. The van der Waals surface area contributed by atoms with Crippen molar-refractivity contribution in [2.75, 3.05) is 19.0 Å². The molecular formula is C16H13Cl2NO2S. The molecule has 2 aromatic rings. The Morgan fingerprint density at radius 2 is 2.00 bits per heavy atom. The molecule has 0 bridgehead atoms. The van der Waals surface area contributed by atoms with Crippen molar-refractivity contribution in [1.29, 1.82) is 0 Å². The van der Waals surface area contributed by atoms with E-state index in [0.717, 1.165) is 21.2 Å². The van der Waals surface area contributed by atoms with Crippen LogP contribution in [0.4, 0.5) is 5.69 Å². The van der Waals surface area contributed by atoms with E-state index in [9.17, 15) is 5.11 Å². The maximum Gasteiger partial charge on any atom is 0.138 e. The van der Waals surface area contributed by atoms with Gasteiger partial charge in [0.25, 0.3) is 0 Å². The minimum Gasteiger partial charge on any atom is -0.506 e. The van der Waals surface area contributed by atoms with E-state index >= 15 is 0 Å². The first kappa shape index (κ1) is 15.4. The van der Waals surface area contributed by atoms with Gasteiger partial charge < -0.3 is 15.2 Å². The molecule has 0 unspecified atom stereocenters. The van der Waals surface area contributed by atoms with Crippen LogP contribution in [-0.2, 0) is 0 Å². The summed E-state index contributed by atoms with van der Waals surface area (Å²) in [5, 5.41) is 14.8. The van der Waals surface area contributed by atoms with E-state index in [-0.39, 0.29) is 5.76 Å². The van der Waals surface area contributed by atoms with Crippen molar-refractivity contribution in [3.8, 4) is 5.75 Å². The lowest BCUT2D eigenvalue weighted by Crippen LogP contribution is -2.13. The highest BCUT2D eigenvalue weighted by atomic mass is 35.5. The lowest BCUT2D eigenvalue weighted by molar-refractivity contribution is 0.405. The maximum absolute atomic E-state index is 10.6. The molecule has 0 amide bonds. The second-order valence-corrected chi connectivity index (χ2v) is 6.67. The summed E-state index contributed by atoms with van der Waals surface area (Å²) in [5.41, 5.74) is 1.31. The predicted molar refractivity (Wildman–Crippen MR) is 93.4 cm³/mol. The number of nitrogens with one attached hydrogen (secondary N) is 1. The van der Waals surface area contributed by atoms with E-state index < -0.39 is 0 Å². The van der Waals surface area contributed by atoms with Crippen LogP contribution in [0.3, 0.4) is 0 Å². The quantitative estimate of drug-likeness (QED) is 0.769. The number of halogens is 2. The van der Waals surface area contributed by atoms with Crippen LogP contribution in [0.2, 0.25) is 10.0 Å². The van der Waals surface area contributed by atoms with Crippen LogP contribution in [0.25, 0.3) is 5.76 Å². The smallest absolute Gasteiger partial charge is 0.138 e. The van der Waals surface area contributed by atoms with Crippen LogP contribution in [0.1, 0.15) is 5.56 Å². The third-order valence-electron chi connectivity index (χ3n) is 3.30. The van der Waals surface area contributed by atoms with E-state index in [4.69, 9.17) is 27.9 Å². The highest BCUT2D eigenvalue weighted by molar-refractivity contribution is 8.03. The van der Waals surface area contributed by atoms with Crippen molar-refractivity contribution in [1.82, 2.24) is 0 Å². The number of aliphatic hydroxyl groups excluding tert-OH is 1. The Morgan fingerprint density at radius 1 is 1.23 bits per heavy atom. The molecule has 114 valence electrons. The Kier molecular flexibility index (Phi) is 4.43. The number of rotatable bonds is 3. The zero-order valence-electron chi connectivity index (χ0n) is 11.7. The normalized spacial score (nSPS) is 13.6. The Morgan fingerprint density at radius 3 is 2.77 bits per heavy atom.